The molecule has 1 unspecified atom stereocenters. The minimum Gasteiger partial charge on any atom is -0.490 e. The third kappa shape index (κ3) is 3.24. The average molecular weight is 248 g/mol. The van der Waals surface area contributed by atoms with Crippen molar-refractivity contribution in [3.05, 3.63) is 29.8 Å². The SMILES string of the molecule is CC(Oc1ccccc1CN)C1CCN(C)CC1. The molecular formula is C15H24N2O. The highest BCUT2D eigenvalue weighted by atomic mass is 16.5. The molecule has 0 saturated carbocycles. The Morgan fingerprint density at radius 1 is 1.33 bits per heavy atom. The smallest absolute Gasteiger partial charge is 0.124 e. The van der Waals surface area contributed by atoms with Gasteiger partial charge in [-0.2, -0.15) is 0 Å². The lowest BCUT2D eigenvalue weighted by atomic mass is 9.92. The van der Waals surface area contributed by atoms with E-state index in [2.05, 4.69) is 18.9 Å². The van der Waals surface area contributed by atoms with Gasteiger partial charge < -0.3 is 15.4 Å². The normalized spacial score (nSPS) is 19.7. The summed E-state index contributed by atoms with van der Waals surface area (Å²) in [7, 11) is 2.19. The van der Waals surface area contributed by atoms with Gasteiger partial charge in [0.2, 0.25) is 0 Å². The van der Waals surface area contributed by atoms with Crippen LogP contribution in [0, 0.1) is 5.92 Å². The molecule has 18 heavy (non-hydrogen) atoms. The van der Waals surface area contributed by atoms with Crippen molar-refractivity contribution in [1.29, 1.82) is 0 Å². The first kappa shape index (κ1) is 13.4. The van der Waals surface area contributed by atoms with Gasteiger partial charge in [0.05, 0.1) is 6.10 Å². The number of nitrogens with zero attached hydrogens (tertiary/aromatic N) is 1. The highest BCUT2D eigenvalue weighted by Gasteiger charge is 2.23. The lowest BCUT2D eigenvalue weighted by Gasteiger charge is -2.33. The lowest BCUT2D eigenvalue weighted by molar-refractivity contribution is 0.0970. The van der Waals surface area contributed by atoms with E-state index in [9.17, 15) is 0 Å². The van der Waals surface area contributed by atoms with Gasteiger partial charge >= 0.3 is 0 Å². The molecule has 1 aliphatic heterocycles. The highest BCUT2D eigenvalue weighted by molar-refractivity contribution is 5.33. The number of nitrogens with two attached hydrogens (primary N) is 1. The molecule has 1 saturated heterocycles. The van der Waals surface area contributed by atoms with Gasteiger partial charge in [-0.3, -0.25) is 0 Å². The molecular weight excluding hydrogens is 224 g/mol. The van der Waals surface area contributed by atoms with Crippen LogP contribution in [0.4, 0.5) is 0 Å². The summed E-state index contributed by atoms with van der Waals surface area (Å²) in [6.45, 7) is 5.08. The van der Waals surface area contributed by atoms with E-state index in [-0.39, 0.29) is 6.10 Å². The fraction of sp³-hybridized carbons (Fsp3) is 0.600. The van der Waals surface area contributed by atoms with Crippen molar-refractivity contribution in [2.24, 2.45) is 11.7 Å². The Morgan fingerprint density at radius 2 is 2.00 bits per heavy atom. The Kier molecular flexibility index (Phi) is 4.61. The molecule has 0 aromatic heterocycles. The Morgan fingerprint density at radius 3 is 2.67 bits per heavy atom. The fourth-order valence-corrected chi connectivity index (χ4v) is 2.58. The van der Waals surface area contributed by atoms with Crippen LogP contribution in [-0.4, -0.2) is 31.1 Å². The number of ether oxygens (including phenoxy) is 1. The van der Waals surface area contributed by atoms with Crippen molar-refractivity contribution in [1.82, 2.24) is 4.90 Å². The van der Waals surface area contributed by atoms with Gasteiger partial charge in [0.15, 0.2) is 0 Å². The van der Waals surface area contributed by atoms with E-state index < -0.39 is 0 Å². The first-order valence-electron chi connectivity index (χ1n) is 6.84. The Labute approximate surface area is 110 Å². The molecule has 3 nitrogen and oxygen atoms in total. The molecule has 0 spiro atoms. The number of likely N-dealkylation sites (tertiary alicyclic amines) is 1. The number of benzene rings is 1. The van der Waals surface area contributed by atoms with Crippen molar-refractivity contribution in [2.45, 2.75) is 32.4 Å². The summed E-state index contributed by atoms with van der Waals surface area (Å²) in [6.07, 6.45) is 2.72. The number of rotatable bonds is 4. The largest absolute Gasteiger partial charge is 0.490 e. The first-order valence-corrected chi connectivity index (χ1v) is 6.84. The van der Waals surface area contributed by atoms with E-state index in [0.717, 1.165) is 11.3 Å². The molecule has 0 amide bonds. The fourth-order valence-electron chi connectivity index (χ4n) is 2.58. The molecule has 2 N–H and O–H groups in total. The van der Waals surface area contributed by atoms with Crippen molar-refractivity contribution >= 4 is 0 Å². The van der Waals surface area contributed by atoms with Gasteiger partial charge in [-0.1, -0.05) is 18.2 Å². The van der Waals surface area contributed by atoms with E-state index in [4.69, 9.17) is 10.5 Å². The summed E-state index contributed by atoms with van der Waals surface area (Å²) in [4.78, 5) is 2.39. The first-order chi connectivity index (χ1) is 8.70. The molecule has 1 heterocycles. The van der Waals surface area contributed by atoms with Crippen LogP contribution in [0.15, 0.2) is 24.3 Å². The standard InChI is InChI=1S/C15H24N2O/c1-12(13-7-9-17(2)10-8-13)18-15-6-4-3-5-14(15)11-16/h3-6,12-13H,7-11,16H2,1-2H3. The molecule has 0 aliphatic carbocycles. The third-order valence-electron chi connectivity index (χ3n) is 3.93. The second kappa shape index (κ2) is 6.21. The zero-order valence-electron chi connectivity index (χ0n) is 11.4. The second-order valence-electron chi connectivity index (χ2n) is 5.28. The van der Waals surface area contributed by atoms with Crippen LogP contribution in [0.2, 0.25) is 0 Å². The monoisotopic (exact) mass is 248 g/mol. The quantitative estimate of drug-likeness (QED) is 0.888. The predicted octanol–water partition coefficient (Wildman–Crippen LogP) is 2.25. The maximum Gasteiger partial charge on any atom is 0.124 e. The van der Waals surface area contributed by atoms with Crippen molar-refractivity contribution in [3.63, 3.8) is 0 Å². The van der Waals surface area contributed by atoms with Crippen molar-refractivity contribution < 1.29 is 4.74 Å². The zero-order valence-corrected chi connectivity index (χ0v) is 11.4. The van der Waals surface area contributed by atoms with Gasteiger partial charge in [-0.25, -0.2) is 0 Å². The van der Waals surface area contributed by atoms with Crippen LogP contribution in [0.3, 0.4) is 0 Å². The van der Waals surface area contributed by atoms with Crippen LogP contribution >= 0.6 is 0 Å². The minimum absolute atomic E-state index is 0.270. The molecule has 1 aliphatic rings. The van der Waals surface area contributed by atoms with Crippen LogP contribution < -0.4 is 10.5 Å². The Balaban J connectivity index is 1.96. The number of hydrogen-bond acceptors (Lipinski definition) is 3. The van der Waals surface area contributed by atoms with Crippen LogP contribution in [0.25, 0.3) is 0 Å². The summed E-state index contributed by atoms with van der Waals surface area (Å²) in [5, 5.41) is 0. The molecule has 1 fully saturated rings. The summed E-state index contributed by atoms with van der Waals surface area (Å²) in [5.41, 5.74) is 6.83. The van der Waals surface area contributed by atoms with E-state index in [1.165, 1.54) is 25.9 Å². The lowest BCUT2D eigenvalue weighted by Crippen LogP contribution is -2.36. The van der Waals surface area contributed by atoms with E-state index in [0.29, 0.717) is 12.5 Å². The van der Waals surface area contributed by atoms with E-state index in [1.54, 1.807) is 0 Å². The van der Waals surface area contributed by atoms with Crippen molar-refractivity contribution in [3.8, 4) is 5.75 Å². The maximum absolute atomic E-state index is 6.11. The maximum atomic E-state index is 6.11. The van der Waals surface area contributed by atoms with Gasteiger partial charge in [-0.15, -0.1) is 0 Å². The van der Waals surface area contributed by atoms with Crippen LogP contribution in [0.5, 0.6) is 5.75 Å². The molecule has 2 rings (SSSR count). The van der Waals surface area contributed by atoms with Gasteiger partial charge in [0.1, 0.15) is 5.75 Å². The van der Waals surface area contributed by atoms with Crippen LogP contribution in [-0.2, 0) is 6.54 Å². The summed E-state index contributed by atoms with van der Waals surface area (Å²) < 4.78 is 6.11. The Hall–Kier alpha value is -1.06. The molecule has 0 bridgehead atoms. The third-order valence-corrected chi connectivity index (χ3v) is 3.93. The van der Waals surface area contributed by atoms with Crippen LogP contribution in [0.1, 0.15) is 25.3 Å². The molecule has 0 radical (unpaired) electrons. The Bertz CT molecular complexity index is 373. The van der Waals surface area contributed by atoms with Gasteiger partial charge in [-0.05, 0) is 51.9 Å². The molecule has 1 aromatic rings. The number of hydrogen-bond donors (Lipinski definition) is 1. The second-order valence-corrected chi connectivity index (χ2v) is 5.28. The number of piperidine rings is 1. The molecule has 3 heteroatoms. The molecule has 1 atom stereocenters. The van der Waals surface area contributed by atoms with Gasteiger partial charge in [0, 0.05) is 12.1 Å². The van der Waals surface area contributed by atoms with Crippen molar-refractivity contribution in [2.75, 3.05) is 20.1 Å². The summed E-state index contributed by atoms with van der Waals surface area (Å²) in [6, 6.07) is 8.08. The molecule has 100 valence electrons. The average Bonchev–Trinajstić information content (AvgIpc) is 2.40. The van der Waals surface area contributed by atoms with E-state index >= 15 is 0 Å². The highest BCUT2D eigenvalue weighted by Crippen LogP contribution is 2.25. The zero-order chi connectivity index (χ0) is 13.0. The topological polar surface area (TPSA) is 38.5 Å². The van der Waals surface area contributed by atoms with Gasteiger partial charge in [0.25, 0.3) is 0 Å². The summed E-state index contributed by atoms with van der Waals surface area (Å²) in [5.74, 6) is 1.61. The molecule has 1 aromatic carbocycles. The minimum atomic E-state index is 0.270. The van der Waals surface area contributed by atoms with E-state index in [1.807, 2.05) is 24.3 Å². The predicted molar refractivity (Wildman–Crippen MR) is 74.6 cm³/mol. The summed E-state index contributed by atoms with van der Waals surface area (Å²) >= 11 is 0. The number of para-hydroxylation sites is 1.